The van der Waals surface area contributed by atoms with Gasteiger partial charge in [-0.15, -0.1) is 0 Å². The smallest absolute Gasteiger partial charge is 0.0485 e. The largest absolute Gasteiger partial charge is 0.0837 e. The molecule has 4 rings (SSSR count). The molecule has 0 aliphatic carbocycles. The highest BCUT2D eigenvalue weighted by molar-refractivity contribution is 6.41. The van der Waals surface area contributed by atoms with E-state index in [0.29, 0.717) is 0 Å². The van der Waals surface area contributed by atoms with Gasteiger partial charge in [-0.1, -0.05) is 59.6 Å². The van der Waals surface area contributed by atoms with Crippen LogP contribution in [0.2, 0.25) is 10.0 Å². The Bertz CT molecular complexity index is 818. The lowest BCUT2D eigenvalue weighted by molar-refractivity contribution is 1.78. The lowest BCUT2D eigenvalue weighted by Crippen LogP contribution is -1.84. The number of benzene rings is 4. The highest BCUT2D eigenvalue weighted by Gasteiger charge is 2.11. The molecule has 18 heavy (non-hydrogen) atoms. The summed E-state index contributed by atoms with van der Waals surface area (Å²) < 4.78 is 0. The predicted molar refractivity (Wildman–Crippen MR) is 80.2 cm³/mol. The Hall–Kier alpha value is -1.50. The van der Waals surface area contributed by atoms with Gasteiger partial charge in [0.25, 0.3) is 0 Å². The molecule has 0 aliphatic heterocycles. The van der Waals surface area contributed by atoms with E-state index in [2.05, 4.69) is 36.4 Å². The van der Waals surface area contributed by atoms with Crippen LogP contribution in [0, 0.1) is 0 Å². The van der Waals surface area contributed by atoms with Crippen LogP contribution in [0.1, 0.15) is 0 Å². The number of hydrogen-bond acceptors (Lipinski definition) is 0. The molecule has 0 unspecified atom stereocenters. The van der Waals surface area contributed by atoms with Crippen molar-refractivity contribution in [2.24, 2.45) is 0 Å². The van der Waals surface area contributed by atoms with Gasteiger partial charge >= 0.3 is 0 Å². The molecule has 0 radical (unpaired) electrons. The van der Waals surface area contributed by atoms with Crippen molar-refractivity contribution in [3.05, 3.63) is 58.6 Å². The Morgan fingerprint density at radius 2 is 0.889 bits per heavy atom. The first-order valence-electron chi connectivity index (χ1n) is 5.77. The molecule has 4 aromatic carbocycles. The maximum absolute atomic E-state index is 6.29. The van der Waals surface area contributed by atoms with Gasteiger partial charge in [0.2, 0.25) is 0 Å². The molecule has 0 saturated heterocycles. The Kier molecular flexibility index (Phi) is 2.03. The van der Waals surface area contributed by atoms with Crippen LogP contribution in [0.4, 0.5) is 0 Å². The zero-order valence-electron chi connectivity index (χ0n) is 9.37. The molecule has 0 nitrogen and oxygen atoms in total. The van der Waals surface area contributed by atoms with Crippen LogP contribution in [-0.4, -0.2) is 0 Å². The predicted octanol–water partition coefficient (Wildman–Crippen LogP) is 5.89. The molecule has 0 N–H and O–H groups in total. The Morgan fingerprint density at radius 1 is 0.500 bits per heavy atom. The molecule has 86 valence electrons. The van der Waals surface area contributed by atoms with E-state index in [1.165, 1.54) is 21.5 Å². The molecule has 0 aromatic heterocycles. The van der Waals surface area contributed by atoms with E-state index in [1.807, 2.05) is 12.1 Å². The molecule has 0 heterocycles. The van der Waals surface area contributed by atoms with Gasteiger partial charge in [-0.25, -0.2) is 0 Å². The lowest BCUT2D eigenvalue weighted by atomic mass is 9.94. The van der Waals surface area contributed by atoms with Crippen molar-refractivity contribution in [1.82, 2.24) is 0 Å². The van der Waals surface area contributed by atoms with Gasteiger partial charge in [-0.2, -0.15) is 0 Å². The van der Waals surface area contributed by atoms with Crippen molar-refractivity contribution in [2.45, 2.75) is 0 Å². The Balaban J connectivity index is 2.47. The van der Waals surface area contributed by atoms with Crippen LogP contribution in [0.3, 0.4) is 0 Å². The third-order valence-corrected chi connectivity index (χ3v) is 4.22. The molecule has 0 amide bonds. The minimum atomic E-state index is 0.789. The molecule has 4 aromatic rings. The summed E-state index contributed by atoms with van der Waals surface area (Å²) in [6, 6.07) is 16.4. The van der Waals surface area contributed by atoms with Gasteiger partial charge in [-0.3, -0.25) is 0 Å². The molecule has 2 heteroatoms. The van der Waals surface area contributed by atoms with Crippen LogP contribution in [0.15, 0.2) is 48.5 Å². The average molecular weight is 271 g/mol. The van der Waals surface area contributed by atoms with Crippen molar-refractivity contribution < 1.29 is 0 Å². The topological polar surface area (TPSA) is 0 Å². The van der Waals surface area contributed by atoms with Crippen LogP contribution >= 0.6 is 23.2 Å². The van der Waals surface area contributed by atoms with Gasteiger partial charge in [0.15, 0.2) is 0 Å². The molecule has 0 bridgehead atoms. The first-order chi connectivity index (χ1) is 8.75. The van der Waals surface area contributed by atoms with Crippen molar-refractivity contribution >= 4 is 55.5 Å². The van der Waals surface area contributed by atoms with E-state index >= 15 is 0 Å². The normalized spacial score (nSPS) is 11.9. The van der Waals surface area contributed by atoms with Crippen LogP contribution < -0.4 is 0 Å². The van der Waals surface area contributed by atoms with Gasteiger partial charge in [0.1, 0.15) is 0 Å². The first-order valence-corrected chi connectivity index (χ1v) is 6.53. The van der Waals surface area contributed by atoms with E-state index < -0.39 is 0 Å². The molecular weight excluding hydrogens is 263 g/mol. The van der Waals surface area contributed by atoms with Gasteiger partial charge in [0.05, 0.1) is 0 Å². The van der Waals surface area contributed by atoms with Gasteiger partial charge in [-0.05, 0) is 33.7 Å². The van der Waals surface area contributed by atoms with Crippen LogP contribution in [-0.2, 0) is 0 Å². The van der Waals surface area contributed by atoms with Gasteiger partial charge in [0, 0.05) is 20.8 Å². The summed E-state index contributed by atoms with van der Waals surface area (Å²) in [6.45, 7) is 0. The molecule has 0 saturated carbocycles. The van der Waals surface area contributed by atoms with E-state index in [4.69, 9.17) is 23.2 Å². The second-order valence-electron chi connectivity index (χ2n) is 4.52. The second-order valence-corrected chi connectivity index (χ2v) is 5.33. The lowest BCUT2D eigenvalue weighted by Gasteiger charge is -2.12. The quantitative estimate of drug-likeness (QED) is 0.350. The Morgan fingerprint density at radius 3 is 1.33 bits per heavy atom. The Labute approximate surface area is 114 Å². The minimum absolute atomic E-state index is 0.789. The summed E-state index contributed by atoms with van der Waals surface area (Å²) in [5.41, 5.74) is 0. The van der Waals surface area contributed by atoms with E-state index in [-0.39, 0.29) is 0 Å². The molecule has 0 aliphatic rings. The highest BCUT2D eigenvalue weighted by Crippen LogP contribution is 2.39. The maximum Gasteiger partial charge on any atom is 0.0485 e. The fourth-order valence-corrected chi connectivity index (χ4v) is 3.17. The van der Waals surface area contributed by atoms with Crippen molar-refractivity contribution in [3.63, 3.8) is 0 Å². The second kappa shape index (κ2) is 3.50. The van der Waals surface area contributed by atoms with E-state index in [1.54, 1.807) is 0 Å². The summed E-state index contributed by atoms with van der Waals surface area (Å²) in [6.07, 6.45) is 0. The summed E-state index contributed by atoms with van der Waals surface area (Å²) in [4.78, 5) is 0. The highest BCUT2D eigenvalue weighted by atomic mass is 35.5. The van der Waals surface area contributed by atoms with Crippen LogP contribution in [0.5, 0.6) is 0 Å². The number of hydrogen-bond donors (Lipinski definition) is 0. The maximum atomic E-state index is 6.29. The van der Waals surface area contributed by atoms with E-state index in [0.717, 1.165) is 20.8 Å². The zero-order chi connectivity index (χ0) is 12.3. The van der Waals surface area contributed by atoms with E-state index in [9.17, 15) is 0 Å². The molecule has 0 spiro atoms. The summed E-state index contributed by atoms with van der Waals surface area (Å²) >= 11 is 12.6. The minimum Gasteiger partial charge on any atom is -0.0837 e. The fourth-order valence-electron chi connectivity index (χ4n) is 2.73. The van der Waals surface area contributed by atoms with Crippen molar-refractivity contribution in [2.75, 3.05) is 0 Å². The van der Waals surface area contributed by atoms with Crippen LogP contribution in [0.25, 0.3) is 32.3 Å². The van der Waals surface area contributed by atoms with Gasteiger partial charge < -0.3 is 0 Å². The third kappa shape index (κ3) is 1.22. The molecule has 0 fully saturated rings. The average Bonchev–Trinajstić information content (AvgIpc) is 2.40. The summed E-state index contributed by atoms with van der Waals surface area (Å²) in [7, 11) is 0. The zero-order valence-corrected chi connectivity index (χ0v) is 10.9. The third-order valence-electron chi connectivity index (χ3n) is 3.56. The fraction of sp³-hybridized carbons (Fsp3) is 0. The molecular formula is C16H8Cl2. The number of rotatable bonds is 0. The monoisotopic (exact) mass is 270 g/mol. The first kappa shape index (κ1) is 10.4. The number of halogens is 2. The SMILES string of the molecule is Clc1ccc2ccc3c(Cl)ccc4ccc1c2c43. The standard InChI is InChI=1S/C16H8Cl2/c17-13-8-4-10-2-6-12-14(18)7-3-9-1-5-11(13)16(10)15(9)12/h1-8H. The van der Waals surface area contributed by atoms with Crippen molar-refractivity contribution in [3.8, 4) is 0 Å². The summed E-state index contributed by atoms with van der Waals surface area (Å²) in [5.74, 6) is 0. The van der Waals surface area contributed by atoms with Crippen molar-refractivity contribution in [1.29, 1.82) is 0 Å². The summed E-state index contributed by atoms with van der Waals surface area (Å²) in [5, 5.41) is 8.59. The molecule has 0 atom stereocenters.